The van der Waals surface area contributed by atoms with Crippen LogP contribution in [-0.4, -0.2) is 57.9 Å². The summed E-state index contributed by atoms with van der Waals surface area (Å²) in [6.45, 7) is 1.86. The van der Waals surface area contributed by atoms with Crippen LogP contribution >= 0.6 is 0 Å². The summed E-state index contributed by atoms with van der Waals surface area (Å²) in [5.74, 6) is 3.43. The maximum atomic E-state index is 5.60. The van der Waals surface area contributed by atoms with E-state index in [1.54, 1.807) is 7.11 Å². The molecule has 0 saturated heterocycles. The maximum Gasteiger partial charge on any atom is 0.225 e. The summed E-state index contributed by atoms with van der Waals surface area (Å²) in [7, 11) is 9.91. The van der Waals surface area contributed by atoms with E-state index in [4.69, 9.17) is 14.7 Å². The first-order chi connectivity index (χ1) is 16.9. The Morgan fingerprint density at radius 2 is 1.71 bits per heavy atom. The lowest BCUT2D eigenvalue weighted by molar-refractivity contribution is 0.316. The van der Waals surface area contributed by atoms with Crippen LogP contribution in [0, 0.1) is 5.92 Å². The SMILES string of the molecule is COc1cc(N(C)C)ccc1CNCCC1CCC(Nc2nc(N(C)C)c3ccccc3n2)CC1. The Kier molecular flexibility index (Phi) is 8.29. The molecule has 35 heavy (non-hydrogen) atoms. The molecule has 7 heteroatoms. The predicted octanol–water partition coefficient (Wildman–Crippen LogP) is 4.92. The molecule has 2 N–H and O–H groups in total. The van der Waals surface area contributed by atoms with Crippen LogP contribution in [0.3, 0.4) is 0 Å². The summed E-state index contributed by atoms with van der Waals surface area (Å²) in [6.07, 6.45) is 6.03. The second-order valence-electron chi connectivity index (χ2n) is 10.0. The Morgan fingerprint density at radius 3 is 2.43 bits per heavy atom. The fourth-order valence-corrected chi connectivity index (χ4v) is 4.93. The Bertz CT molecular complexity index is 1110. The predicted molar refractivity (Wildman–Crippen MR) is 147 cm³/mol. The van der Waals surface area contributed by atoms with Gasteiger partial charge in [-0.25, -0.2) is 4.98 Å². The number of nitrogens with one attached hydrogen (secondary N) is 2. The molecule has 1 saturated carbocycles. The Labute approximate surface area is 209 Å². The molecule has 1 aromatic heterocycles. The molecule has 0 atom stereocenters. The fourth-order valence-electron chi connectivity index (χ4n) is 4.93. The van der Waals surface area contributed by atoms with Gasteiger partial charge in [-0.2, -0.15) is 4.98 Å². The van der Waals surface area contributed by atoms with Crippen molar-refractivity contribution in [1.82, 2.24) is 15.3 Å². The quantitative estimate of drug-likeness (QED) is 0.403. The first-order valence-corrected chi connectivity index (χ1v) is 12.7. The molecule has 188 valence electrons. The number of anilines is 3. The molecule has 0 radical (unpaired) electrons. The molecule has 1 fully saturated rings. The summed E-state index contributed by atoms with van der Waals surface area (Å²) in [5.41, 5.74) is 3.35. The number of hydrogen-bond acceptors (Lipinski definition) is 7. The van der Waals surface area contributed by atoms with Crippen LogP contribution in [0.1, 0.15) is 37.7 Å². The van der Waals surface area contributed by atoms with Gasteiger partial charge in [0.05, 0.1) is 12.6 Å². The van der Waals surface area contributed by atoms with E-state index < -0.39 is 0 Å². The van der Waals surface area contributed by atoms with Crippen molar-refractivity contribution in [3.8, 4) is 5.75 Å². The van der Waals surface area contributed by atoms with Crippen LogP contribution in [0.4, 0.5) is 17.5 Å². The van der Waals surface area contributed by atoms with Gasteiger partial charge in [-0.1, -0.05) is 18.2 Å². The number of hydrogen-bond donors (Lipinski definition) is 2. The van der Waals surface area contributed by atoms with Gasteiger partial charge in [0.2, 0.25) is 5.95 Å². The topological polar surface area (TPSA) is 65.6 Å². The van der Waals surface area contributed by atoms with E-state index in [9.17, 15) is 0 Å². The smallest absolute Gasteiger partial charge is 0.225 e. The third-order valence-corrected chi connectivity index (χ3v) is 7.02. The molecule has 0 bridgehead atoms. The molecule has 3 aromatic rings. The van der Waals surface area contributed by atoms with E-state index in [1.165, 1.54) is 24.8 Å². The van der Waals surface area contributed by atoms with Crippen molar-refractivity contribution in [1.29, 1.82) is 0 Å². The van der Waals surface area contributed by atoms with Crippen LogP contribution in [0.15, 0.2) is 42.5 Å². The summed E-state index contributed by atoms with van der Waals surface area (Å²) < 4.78 is 5.60. The number of nitrogens with zero attached hydrogens (tertiary/aromatic N) is 4. The van der Waals surface area contributed by atoms with Gasteiger partial charge in [-0.15, -0.1) is 0 Å². The van der Waals surface area contributed by atoms with Crippen LogP contribution in [0.5, 0.6) is 5.75 Å². The van der Waals surface area contributed by atoms with Gasteiger partial charge in [0.25, 0.3) is 0 Å². The van der Waals surface area contributed by atoms with E-state index in [2.05, 4.69) is 50.8 Å². The van der Waals surface area contributed by atoms with Crippen LogP contribution in [0.25, 0.3) is 10.9 Å². The van der Waals surface area contributed by atoms with Gasteiger partial charge in [0.1, 0.15) is 11.6 Å². The minimum atomic E-state index is 0.440. The minimum Gasteiger partial charge on any atom is -0.496 e. The fraction of sp³-hybridized carbons (Fsp3) is 0.500. The standard InChI is InChI=1S/C28H40N6O/c1-33(2)23-15-12-21(26(18-23)35-5)19-29-17-16-20-10-13-22(14-11-20)30-28-31-25-9-7-6-8-24(25)27(32-28)34(3)4/h6-9,12,15,18,20,22,29H,10-11,13-14,16-17,19H2,1-5H3,(H,30,31,32). The normalized spacial score (nSPS) is 17.9. The van der Waals surface area contributed by atoms with Gasteiger partial charge < -0.3 is 25.2 Å². The van der Waals surface area contributed by atoms with Gasteiger partial charge in [-0.05, 0) is 62.8 Å². The number of rotatable bonds is 10. The van der Waals surface area contributed by atoms with Gasteiger partial charge >= 0.3 is 0 Å². The van der Waals surface area contributed by atoms with Crippen molar-refractivity contribution in [3.05, 3.63) is 48.0 Å². The van der Waals surface area contributed by atoms with Gasteiger partial charge in [-0.3, -0.25) is 0 Å². The number of fused-ring (bicyclic) bond motifs is 1. The summed E-state index contributed by atoms with van der Waals surface area (Å²) in [4.78, 5) is 13.7. The highest BCUT2D eigenvalue weighted by Crippen LogP contribution is 2.30. The van der Waals surface area contributed by atoms with E-state index in [-0.39, 0.29) is 0 Å². The van der Waals surface area contributed by atoms with Crippen molar-refractivity contribution in [2.24, 2.45) is 5.92 Å². The Morgan fingerprint density at radius 1 is 0.943 bits per heavy atom. The summed E-state index contributed by atoms with van der Waals surface area (Å²) in [5, 5.41) is 8.33. The number of ether oxygens (including phenoxy) is 1. The minimum absolute atomic E-state index is 0.440. The molecule has 0 unspecified atom stereocenters. The second kappa shape index (κ2) is 11.6. The lowest BCUT2D eigenvalue weighted by atomic mass is 9.84. The van der Waals surface area contributed by atoms with E-state index in [0.29, 0.717) is 6.04 Å². The van der Waals surface area contributed by atoms with Crippen LogP contribution in [0.2, 0.25) is 0 Å². The van der Waals surface area contributed by atoms with Crippen LogP contribution < -0.4 is 25.2 Å². The first kappa shape index (κ1) is 25.0. The highest BCUT2D eigenvalue weighted by atomic mass is 16.5. The number of methoxy groups -OCH3 is 1. The number of benzene rings is 2. The Balaban J connectivity index is 1.23. The molecule has 4 rings (SSSR count). The van der Waals surface area contributed by atoms with Gasteiger partial charge in [0, 0.05) is 63.5 Å². The lowest BCUT2D eigenvalue weighted by Gasteiger charge is -2.29. The molecular weight excluding hydrogens is 436 g/mol. The maximum absolute atomic E-state index is 5.60. The van der Waals surface area contributed by atoms with Crippen LogP contribution in [-0.2, 0) is 6.54 Å². The molecule has 1 aliphatic rings. The highest BCUT2D eigenvalue weighted by molar-refractivity contribution is 5.90. The van der Waals surface area contributed by atoms with Crippen molar-refractivity contribution in [3.63, 3.8) is 0 Å². The van der Waals surface area contributed by atoms with Gasteiger partial charge in [0.15, 0.2) is 0 Å². The molecule has 1 heterocycles. The van der Waals surface area contributed by atoms with Crippen molar-refractivity contribution in [2.45, 2.75) is 44.7 Å². The van der Waals surface area contributed by atoms with E-state index in [0.717, 1.165) is 66.0 Å². The molecule has 7 nitrogen and oxygen atoms in total. The molecule has 0 amide bonds. The zero-order valence-corrected chi connectivity index (χ0v) is 21.8. The van der Waals surface area contributed by atoms with Crippen molar-refractivity contribution >= 4 is 28.4 Å². The second-order valence-corrected chi connectivity index (χ2v) is 10.0. The molecule has 0 spiro atoms. The number of para-hydroxylation sites is 1. The number of aromatic nitrogens is 2. The van der Waals surface area contributed by atoms with Crippen molar-refractivity contribution in [2.75, 3.05) is 57.0 Å². The Hall–Kier alpha value is -3.06. The zero-order valence-electron chi connectivity index (χ0n) is 21.8. The average Bonchev–Trinajstić information content (AvgIpc) is 2.87. The van der Waals surface area contributed by atoms with E-state index >= 15 is 0 Å². The summed E-state index contributed by atoms with van der Waals surface area (Å²) >= 11 is 0. The first-order valence-electron chi connectivity index (χ1n) is 12.7. The van der Waals surface area contributed by atoms with Crippen molar-refractivity contribution < 1.29 is 4.74 Å². The molecule has 1 aliphatic carbocycles. The third kappa shape index (κ3) is 6.34. The average molecular weight is 477 g/mol. The lowest BCUT2D eigenvalue weighted by Crippen LogP contribution is -2.28. The largest absolute Gasteiger partial charge is 0.496 e. The summed E-state index contributed by atoms with van der Waals surface area (Å²) in [6, 6.07) is 15.1. The third-order valence-electron chi connectivity index (χ3n) is 7.02. The van der Waals surface area contributed by atoms with E-state index in [1.807, 2.05) is 40.3 Å². The highest BCUT2D eigenvalue weighted by Gasteiger charge is 2.22. The molecule has 2 aromatic carbocycles. The monoisotopic (exact) mass is 476 g/mol. The molecular formula is C28H40N6O. The zero-order chi connectivity index (χ0) is 24.8. The molecule has 0 aliphatic heterocycles.